The largest absolute Gasteiger partial charge is 0.492 e. The van der Waals surface area contributed by atoms with Gasteiger partial charge in [0.05, 0.1) is 12.9 Å². The van der Waals surface area contributed by atoms with Crippen LogP contribution < -0.4 is 0 Å². The molecule has 16 heavy (non-hydrogen) atoms. The van der Waals surface area contributed by atoms with Gasteiger partial charge in [-0.25, -0.2) is 0 Å². The van der Waals surface area contributed by atoms with Crippen molar-refractivity contribution >= 4 is 11.9 Å². The van der Waals surface area contributed by atoms with E-state index in [2.05, 4.69) is 0 Å². The zero-order chi connectivity index (χ0) is 12.1. The van der Waals surface area contributed by atoms with E-state index in [1.165, 1.54) is 26.2 Å². The van der Waals surface area contributed by atoms with Crippen LogP contribution in [-0.4, -0.2) is 42.0 Å². The lowest BCUT2D eigenvalue weighted by molar-refractivity contribution is -0.175. The molecule has 0 aliphatic carbocycles. The lowest BCUT2D eigenvalue weighted by atomic mass is 10.1. The van der Waals surface area contributed by atoms with Crippen molar-refractivity contribution in [3.63, 3.8) is 0 Å². The number of carbonyl (C=O) groups is 2. The summed E-state index contributed by atoms with van der Waals surface area (Å²) in [7, 11) is 0. The highest BCUT2D eigenvalue weighted by molar-refractivity contribution is 5.67. The number of rotatable bonds is 3. The van der Waals surface area contributed by atoms with Crippen LogP contribution in [0.1, 0.15) is 13.8 Å². The van der Waals surface area contributed by atoms with Crippen LogP contribution in [0.25, 0.3) is 0 Å². The molecule has 0 amide bonds. The molecule has 0 aromatic carbocycles. The van der Waals surface area contributed by atoms with Crippen LogP contribution in [0.5, 0.6) is 0 Å². The SMILES string of the molecule is CC(=O)O[C@@H]1[C@@H](OC(C)=O)C=CO[C@H]1CO. The monoisotopic (exact) mass is 230 g/mol. The minimum absolute atomic E-state index is 0.333. The van der Waals surface area contributed by atoms with Crippen LogP contribution in [0.3, 0.4) is 0 Å². The summed E-state index contributed by atoms with van der Waals surface area (Å²) in [5.74, 6) is -1.02. The lowest BCUT2D eigenvalue weighted by Crippen LogP contribution is -2.46. The first-order valence-corrected chi connectivity index (χ1v) is 4.82. The van der Waals surface area contributed by atoms with Gasteiger partial charge in [-0.1, -0.05) is 0 Å². The Bertz CT molecular complexity index is 298. The molecular weight excluding hydrogens is 216 g/mol. The van der Waals surface area contributed by atoms with Gasteiger partial charge in [0.2, 0.25) is 0 Å². The summed E-state index contributed by atoms with van der Waals surface area (Å²) < 4.78 is 15.0. The highest BCUT2D eigenvalue weighted by Gasteiger charge is 2.36. The van der Waals surface area contributed by atoms with Gasteiger partial charge in [0.1, 0.15) is 0 Å². The summed E-state index contributed by atoms with van der Waals surface area (Å²) in [6, 6.07) is 0. The Hall–Kier alpha value is -1.56. The second kappa shape index (κ2) is 5.50. The number of esters is 2. The lowest BCUT2D eigenvalue weighted by Gasteiger charge is -2.32. The van der Waals surface area contributed by atoms with E-state index in [-0.39, 0.29) is 6.61 Å². The first kappa shape index (κ1) is 12.5. The second-order valence-corrected chi connectivity index (χ2v) is 3.33. The molecule has 6 heteroatoms. The first-order valence-electron chi connectivity index (χ1n) is 4.82. The van der Waals surface area contributed by atoms with Gasteiger partial charge in [-0.2, -0.15) is 0 Å². The van der Waals surface area contributed by atoms with E-state index in [0.29, 0.717) is 0 Å². The molecule has 1 aliphatic heterocycles. The number of aliphatic hydroxyl groups is 1. The van der Waals surface area contributed by atoms with E-state index in [1.54, 1.807) is 0 Å². The third-order valence-corrected chi connectivity index (χ3v) is 2.00. The average molecular weight is 230 g/mol. The molecule has 0 bridgehead atoms. The summed E-state index contributed by atoms with van der Waals surface area (Å²) in [5.41, 5.74) is 0. The molecule has 0 saturated heterocycles. The van der Waals surface area contributed by atoms with E-state index < -0.39 is 30.3 Å². The van der Waals surface area contributed by atoms with Crippen LogP contribution in [0.2, 0.25) is 0 Å². The summed E-state index contributed by atoms with van der Waals surface area (Å²) in [4.78, 5) is 21.7. The molecular formula is C10H14O6. The molecule has 0 fully saturated rings. The molecule has 6 nitrogen and oxygen atoms in total. The molecule has 0 spiro atoms. The standard InChI is InChI=1S/C10H14O6/c1-6(12)15-8-3-4-14-9(5-11)10(8)16-7(2)13/h3-4,8-11H,5H2,1-2H3/t8-,9-,10+/m0/s1. The highest BCUT2D eigenvalue weighted by Crippen LogP contribution is 2.19. The maximum atomic E-state index is 10.9. The van der Waals surface area contributed by atoms with E-state index in [0.717, 1.165) is 0 Å². The summed E-state index contributed by atoms with van der Waals surface area (Å²) >= 11 is 0. The number of hydrogen-bond donors (Lipinski definition) is 1. The molecule has 3 atom stereocenters. The van der Waals surface area contributed by atoms with Crippen molar-refractivity contribution in [3.05, 3.63) is 12.3 Å². The zero-order valence-corrected chi connectivity index (χ0v) is 9.08. The van der Waals surface area contributed by atoms with Crippen molar-refractivity contribution in [2.75, 3.05) is 6.61 Å². The predicted octanol–water partition coefficient (Wildman–Crippen LogP) is -0.245. The minimum Gasteiger partial charge on any atom is -0.492 e. The molecule has 1 N–H and O–H groups in total. The Kier molecular flexibility index (Phi) is 4.30. The van der Waals surface area contributed by atoms with Gasteiger partial charge in [0, 0.05) is 13.8 Å². The first-order chi connectivity index (χ1) is 7.54. The third kappa shape index (κ3) is 3.23. The normalized spacial score (nSPS) is 28.1. The molecule has 0 aromatic rings. The minimum atomic E-state index is -0.823. The van der Waals surface area contributed by atoms with Gasteiger partial charge < -0.3 is 19.3 Å². The van der Waals surface area contributed by atoms with Gasteiger partial charge in [0.15, 0.2) is 18.3 Å². The summed E-state index contributed by atoms with van der Waals surface area (Å²) in [6.45, 7) is 2.15. The van der Waals surface area contributed by atoms with Crippen molar-refractivity contribution in [2.45, 2.75) is 32.2 Å². The molecule has 1 rings (SSSR count). The average Bonchev–Trinajstić information content (AvgIpc) is 2.19. The fraction of sp³-hybridized carbons (Fsp3) is 0.600. The van der Waals surface area contributed by atoms with Gasteiger partial charge in [-0.05, 0) is 6.08 Å². The Balaban J connectivity index is 2.77. The van der Waals surface area contributed by atoms with Crippen LogP contribution >= 0.6 is 0 Å². The van der Waals surface area contributed by atoms with Crippen molar-refractivity contribution < 1.29 is 28.9 Å². The van der Waals surface area contributed by atoms with Crippen molar-refractivity contribution in [2.24, 2.45) is 0 Å². The third-order valence-electron chi connectivity index (χ3n) is 2.00. The van der Waals surface area contributed by atoms with Gasteiger partial charge >= 0.3 is 11.9 Å². The van der Waals surface area contributed by atoms with Crippen LogP contribution in [0.4, 0.5) is 0 Å². The highest BCUT2D eigenvalue weighted by atomic mass is 16.6. The van der Waals surface area contributed by atoms with Crippen molar-refractivity contribution in [1.29, 1.82) is 0 Å². The smallest absolute Gasteiger partial charge is 0.303 e. The van der Waals surface area contributed by atoms with Crippen LogP contribution in [0.15, 0.2) is 12.3 Å². The molecule has 0 aromatic heterocycles. The van der Waals surface area contributed by atoms with Crippen LogP contribution in [-0.2, 0) is 23.8 Å². The Labute approximate surface area is 92.8 Å². The second-order valence-electron chi connectivity index (χ2n) is 3.33. The van der Waals surface area contributed by atoms with Crippen molar-refractivity contribution in [1.82, 2.24) is 0 Å². The predicted molar refractivity (Wildman–Crippen MR) is 52.2 cm³/mol. The summed E-state index contributed by atoms with van der Waals surface area (Å²) in [5, 5.41) is 9.04. The fourth-order valence-corrected chi connectivity index (χ4v) is 1.40. The summed E-state index contributed by atoms with van der Waals surface area (Å²) in [6.07, 6.45) is 0.497. The molecule has 0 saturated carbocycles. The number of aliphatic hydroxyl groups excluding tert-OH is 1. The molecule has 0 radical (unpaired) electrons. The fourth-order valence-electron chi connectivity index (χ4n) is 1.40. The molecule has 0 unspecified atom stereocenters. The number of hydrogen-bond acceptors (Lipinski definition) is 6. The van der Waals surface area contributed by atoms with E-state index in [9.17, 15) is 9.59 Å². The number of carbonyl (C=O) groups excluding carboxylic acids is 2. The zero-order valence-electron chi connectivity index (χ0n) is 9.08. The van der Waals surface area contributed by atoms with Gasteiger partial charge in [-0.3, -0.25) is 9.59 Å². The molecule has 1 aliphatic rings. The van der Waals surface area contributed by atoms with Gasteiger partial charge in [-0.15, -0.1) is 0 Å². The van der Waals surface area contributed by atoms with Crippen molar-refractivity contribution in [3.8, 4) is 0 Å². The Morgan fingerprint density at radius 1 is 1.31 bits per heavy atom. The molecule has 1 heterocycles. The number of ether oxygens (including phenoxy) is 3. The Morgan fingerprint density at radius 2 is 1.94 bits per heavy atom. The maximum Gasteiger partial charge on any atom is 0.303 e. The quantitative estimate of drug-likeness (QED) is 0.673. The van der Waals surface area contributed by atoms with Crippen LogP contribution in [0, 0.1) is 0 Å². The van der Waals surface area contributed by atoms with E-state index in [1.807, 2.05) is 0 Å². The van der Waals surface area contributed by atoms with Gasteiger partial charge in [0.25, 0.3) is 0 Å². The van der Waals surface area contributed by atoms with E-state index >= 15 is 0 Å². The maximum absolute atomic E-state index is 10.9. The molecule has 90 valence electrons. The van der Waals surface area contributed by atoms with E-state index in [4.69, 9.17) is 19.3 Å². The topological polar surface area (TPSA) is 82.1 Å². The Morgan fingerprint density at radius 3 is 2.44 bits per heavy atom.